The fourth-order valence-corrected chi connectivity index (χ4v) is 4.54. The molecule has 1 aromatic carbocycles. The van der Waals surface area contributed by atoms with Crippen molar-refractivity contribution in [2.75, 3.05) is 45.1 Å². The van der Waals surface area contributed by atoms with E-state index in [4.69, 9.17) is 4.74 Å². The van der Waals surface area contributed by atoms with Gasteiger partial charge in [0.25, 0.3) is 0 Å². The molecule has 0 radical (unpaired) electrons. The van der Waals surface area contributed by atoms with Crippen LogP contribution >= 0.6 is 24.0 Å². The van der Waals surface area contributed by atoms with Crippen LogP contribution in [0.1, 0.15) is 46.6 Å². The van der Waals surface area contributed by atoms with Crippen molar-refractivity contribution in [1.82, 2.24) is 10.2 Å². The molecule has 6 nitrogen and oxygen atoms in total. The maximum Gasteiger partial charge on any atom is 0.193 e. The first-order valence-corrected chi connectivity index (χ1v) is 12.3. The maximum absolute atomic E-state index is 12.7. The molecule has 0 aromatic heterocycles. The molecule has 1 heterocycles. The third-order valence-electron chi connectivity index (χ3n) is 5.18. The minimum Gasteiger partial charge on any atom is -0.381 e. The van der Waals surface area contributed by atoms with E-state index in [1.54, 1.807) is 12.1 Å². The van der Waals surface area contributed by atoms with Crippen LogP contribution in [0.2, 0.25) is 0 Å². The van der Waals surface area contributed by atoms with Crippen molar-refractivity contribution in [3.63, 3.8) is 0 Å². The molecule has 1 atom stereocenters. The first kappa shape index (κ1) is 27.2. The molecular formula is C22H38IN3O3S. The van der Waals surface area contributed by atoms with Crippen LogP contribution in [0.15, 0.2) is 34.2 Å². The van der Waals surface area contributed by atoms with Crippen LogP contribution in [0.25, 0.3) is 0 Å². The van der Waals surface area contributed by atoms with Crippen LogP contribution in [0, 0.1) is 5.92 Å². The van der Waals surface area contributed by atoms with E-state index in [0.717, 1.165) is 50.8 Å². The summed E-state index contributed by atoms with van der Waals surface area (Å²) in [6, 6.07) is 7.24. The zero-order valence-electron chi connectivity index (χ0n) is 19.0. The van der Waals surface area contributed by atoms with Gasteiger partial charge in [-0.1, -0.05) is 32.9 Å². The topological polar surface area (TPSA) is 71.0 Å². The number of aliphatic imine (C=N–C) groups is 1. The second-order valence-electron chi connectivity index (χ2n) is 8.59. The van der Waals surface area contributed by atoms with Gasteiger partial charge < -0.3 is 15.0 Å². The molecule has 0 bridgehead atoms. The van der Waals surface area contributed by atoms with Gasteiger partial charge in [-0.25, -0.2) is 8.42 Å². The molecule has 1 saturated heterocycles. The molecule has 1 aliphatic rings. The van der Waals surface area contributed by atoms with Crippen molar-refractivity contribution >= 4 is 39.8 Å². The van der Waals surface area contributed by atoms with Gasteiger partial charge in [-0.3, -0.25) is 4.99 Å². The molecule has 1 aromatic rings. The summed E-state index contributed by atoms with van der Waals surface area (Å²) in [5.74, 6) is 1.31. The van der Waals surface area contributed by atoms with Crippen LogP contribution in [0.3, 0.4) is 0 Å². The first-order chi connectivity index (χ1) is 13.7. The number of ether oxygens (including phenoxy) is 1. The molecule has 0 aliphatic carbocycles. The third kappa shape index (κ3) is 8.00. The fourth-order valence-electron chi connectivity index (χ4n) is 3.42. The van der Waals surface area contributed by atoms with E-state index in [1.807, 2.05) is 26.0 Å². The van der Waals surface area contributed by atoms with E-state index >= 15 is 0 Å². The van der Waals surface area contributed by atoms with Crippen LogP contribution in [0.5, 0.6) is 0 Å². The summed E-state index contributed by atoms with van der Waals surface area (Å²) >= 11 is 0. The Morgan fingerprint density at radius 3 is 2.47 bits per heavy atom. The Kier molecular flexibility index (Phi) is 11.1. The molecule has 0 amide bonds. The standard InChI is InChI=1S/C22H37N3O3S.HI/c1-6-23-21(25-14-12-18(16-25)17-28-7-2)24-13-15-29(26,27)20-10-8-19(9-11-20)22(3,4)5;/h8-11,18H,6-7,12-17H2,1-5H3,(H,23,24);1H. The smallest absolute Gasteiger partial charge is 0.193 e. The van der Waals surface area contributed by atoms with Crippen LogP contribution in [-0.2, 0) is 20.0 Å². The van der Waals surface area contributed by atoms with E-state index in [-0.39, 0.29) is 41.7 Å². The van der Waals surface area contributed by atoms with Crippen LogP contribution in [-0.4, -0.2) is 64.4 Å². The Hall–Kier alpha value is -0.870. The number of nitrogens with zero attached hydrogens (tertiary/aromatic N) is 2. The highest BCUT2D eigenvalue weighted by Gasteiger charge is 2.25. The zero-order valence-corrected chi connectivity index (χ0v) is 22.1. The van der Waals surface area contributed by atoms with E-state index in [2.05, 4.69) is 36.0 Å². The lowest BCUT2D eigenvalue weighted by Gasteiger charge is -2.21. The van der Waals surface area contributed by atoms with Gasteiger partial charge >= 0.3 is 0 Å². The lowest BCUT2D eigenvalue weighted by atomic mass is 9.87. The van der Waals surface area contributed by atoms with E-state index in [1.165, 1.54) is 0 Å². The average molecular weight is 552 g/mol. The maximum atomic E-state index is 12.7. The monoisotopic (exact) mass is 551 g/mol. The number of hydrogen-bond acceptors (Lipinski definition) is 4. The van der Waals surface area contributed by atoms with Gasteiger partial charge in [-0.15, -0.1) is 24.0 Å². The molecule has 0 spiro atoms. The molecule has 1 unspecified atom stereocenters. The van der Waals surface area contributed by atoms with Gasteiger partial charge in [0.2, 0.25) is 0 Å². The number of halogens is 1. The van der Waals surface area contributed by atoms with Crippen molar-refractivity contribution in [3.8, 4) is 0 Å². The van der Waals surface area contributed by atoms with Crippen LogP contribution in [0.4, 0.5) is 0 Å². The van der Waals surface area contributed by atoms with E-state index in [0.29, 0.717) is 10.8 Å². The van der Waals surface area contributed by atoms with Gasteiger partial charge in [-0.05, 0) is 43.4 Å². The Morgan fingerprint density at radius 1 is 1.23 bits per heavy atom. The summed E-state index contributed by atoms with van der Waals surface area (Å²) in [7, 11) is -3.35. The molecule has 8 heteroatoms. The summed E-state index contributed by atoms with van der Waals surface area (Å²) in [6.07, 6.45) is 1.07. The highest BCUT2D eigenvalue weighted by molar-refractivity contribution is 14.0. The summed E-state index contributed by atoms with van der Waals surface area (Å²) in [6.45, 7) is 14.7. The van der Waals surface area contributed by atoms with Crippen molar-refractivity contribution in [2.45, 2.75) is 51.3 Å². The van der Waals surface area contributed by atoms with Gasteiger partial charge in [0.15, 0.2) is 15.8 Å². The summed E-state index contributed by atoms with van der Waals surface area (Å²) in [5, 5.41) is 3.29. The van der Waals surface area contributed by atoms with E-state index in [9.17, 15) is 8.42 Å². The minimum atomic E-state index is -3.35. The Bertz CT molecular complexity index is 774. The molecule has 1 aliphatic heterocycles. The number of sulfone groups is 1. The number of likely N-dealkylation sites (tertiary alicyclic amines) is 1. The quantitative estimate of drug-likeness (QED) is 0.303. The minimum absolute atomic E-state index is 0. The molecule has 1 fully saturated rings. The summed E-state index contributed by atoms with van der Waals surface area (Å²) < 4.78 is 31.0. The molecule has 172 valence electrons. The normalized spacial score (nSPS) is 17.7. The second-order valence-corrected chi connectivity index (χ2v) is 10.7. The van der Waals surface area contributed by atoms with E-state index < -0.39 is 9.84 Å². The molecule has 1 N–H and O–H groups in total. The van der Waals surface area contributed by atoms with Crippen molar-refractivity contribution in [3.05, 3.63) is 29.8 Å². The molecule has 2 rings (SSSR count). The van der Waals surface area contributed by atoms with Crippen molar-refractivity contribution < 1.29 is 13.2 Å². The average Bonchev–Trinajstić information content (AvgIpc) is 3.14. The molecular weight excluding hydrogens is 513 g/mol. The largest absolute Gasteiger partial charge is 0.381 e. The SMILES string of the molecule is CCNC(=NCCS(=O)(=O)c1ccc(C(C)(C)C)cc1)N1CCC(COCC)C1.I. The Balaban J connectivity index is 0.00000450. The molecule has 0 saturated carbocycles. The number of benzene rings is 1. The van der Waals surface area contributed by atoms with Gasteiger partial charge in [-0.2, -0.15) is 0 Å². The Morgan fingerprint density at radius 2 is 1.90 bits per heavy atom. The van der Waals surface area contributed by atoms with Crippen molar-refractivity contribution in [1.29, 1.82) is 0 Å². The predicted molar refractivity (Wildman–Crippen MR) is 135 cm³/mol. The lowest BCUT2D eigenvalue weighted by Crippen LogP contribution is -2.40. The number of rotatable bonds is 8. The van der Waals surface area contributed by atoms with Gasteiger partial charge in [0.05, 0.1) is 23.8 Å². The summed E-state index contributed by atoms with van der Waals surface area (Å²) in [4.78, 5) is 7.16. The zero-order chi connectivity index (χ0) is 21.5. The predicted octanol–water partition coefficient (Wildman–Crippen LogP) is 3.70. The number of hydrogen-bond donors (Lipinski definition) is 1. The molecule has 30 heavy (non-hydrogen) atoms. The van der Waals surface area contributed by atoms with Gasteiger partial charge in [0, 0.05) is 32.2 Å². The van der Waals surface area contributed by atoms with Gasteiger partial charge in [0.1, 0.15) is 0 Å². The van der Waals surface area contributed by atoms with Crippen molar-refractivity contribution in [2.24, 2.45) is 10.9 Å². The lowest BCUT2D eigenvalue weighted by molar-refractivity contribution is 0.114. The highest BCUT2D eigenvalue weighted by Crippen LogP contribution is 2.24. The summed E-state index contributed by atoms with van der Waals surface area (Å²) in [5.41, 5.74) is 1.13. The third-order valence-corrected chi connectivity index (χ3v) is 6.89. The number of guanidine groups is 1. The highest BCUT2D eigenvalue weighted by atomic mass is 127. The van der Waals surface area contributed by atoms with Crippen LogP contribution < -0.4 is 5.32 Å². The number of nitrogens with one attached hydrogen (secondary N) is 1. The second kappa shape index (κ2) is 12.2. The fraction of sp³-hybridized carbons (Fsp3) is 0.682. The Labute approximate surface area is 199 Å². The first-order valence-electron chi connectivity index (χ1n) is 10.6.